The number of hydrogen-bond donors (Lipinski definition) is 1. The fourth-order valence-electron chi connectivity index (χ4n) is 1.65. The molecule has 0 fully saturated rings. The summed E-state index contributed by atoms with van der Waals surface area (Å²) in [5, 5.41) is 9.17. The van der Waals surface area contributed by atoms with Crippen LogP contribution in [-0.4, -0.2) is 12.5 Å². The van der Waals surface area contributed by atoms with Crippen LogP contribution < -0.4 is 9.99 Å². The van der Waals surface area contributed by atoms with E-state index in [2.05, 4.69) is 0 Å². The second-order valence-electron chi connectivity index (χ2n) is 3.40. The molecule has 0 aliphatic heterocycles. The molecule has 0 saturated carbocycles. The molecular formula is C12H10BClO2P. The molecule has 85 valence electrons. The van der Waals surface area contributed by atoms with Crippen LogP contribution >= 0.6 is 19.4 Å². The van der Waals surface area contributed by atoms with E-state index in [1.54, 1.807) is 6.07 Å². The van der Waals surface area contributed by atoms with Crippen molar-refractivity contribution in [3.8, 4) is 16.9 Å². The lowest BCUT2D eigenvalue weighted by Gasteiger charge is -2.12. The van der Waals surface area contributed by atoms with Gasteiger partial charge in [0, 0.05) is 5.56 Å². The van der Waals surface area contributed by atoms with E-state index in [1.165, 1.54) is 0 Å². The summed E-state index contributed by atoms with van der Waals surface area (Å²) < 4.78 is 5.42. The van der Waals surface area contributed by atoms with Gasteiger partial charge in [0.1, 0.15) is 5.75 Å². The third-order valence-corrected chi connectivity index (χ3v) is 2.92. The van der Waals surface area contributed by atoms with E-state index in [-0.39, 0.29) is 8.16 Å². The van der Waals surface area contributed by atoms with Crippen LogP contribution in [0.1, 0.15) is 0 Å². The summed E-state index contributed by atoms with van der Waals surface area (Å²) in [6.45, 7) is 0. The highest BCUT2D eigenvalue weighted by atomic mass is 35.7. The first-order valence-corrected chi connectivity index (χ1v) is 6.97. The van der Waals surface area contributed by atoms with Gasteiger partial charge in [-0.05, 0) is 11.0 Å². The van der Waals surface area contributed by atoms with Crippen LogP contribution in [0.15, 0.2) is 48.5 Å². The Kier molecular flexibility index (Phi) is 4.44. The zero-order valence-corrected chi connectivity index (χ0v) is 10.7. The van der Waals surface area contributed by atoms with Crippen molar-refractivity contribution in [3.05, 3.63) is 48.5 Å². The maximum Gasteiger partial charge on any atom is 0.330 e. The summed E-state index contributed by atoms with van der Waals surface area (Å²) in [5.41, 5.74) is 2.57. The fourth-order valence-corrected chi connectivity index (χ4v) is 2.19. The smallest absolute Gasteiger partial charge is 0.330 e. The van der Waals surface area contributed by atoms with Gasteiger partial charge >= 0.3 is 7.48 Å². The van der Waals surface area contributed by atoms with Gasteiger partial charge < -0.3 is 9.55 Å². The summed E-state index contributed by atoms with van der Waals surface area (Å²) in [6, 6.07) is 15.4. The molecule has 0 heterocycles. The lowest BCUT2D eigenvalue weighted by molar-refractivity contribution is 0.608. The molecule has 0 spiro atoms. The van der Waals surface area contributed by atoms with Crippen LogP contribution in [0.25, 0.3) is 11.1 Å². The zero-order chi connectivity index (χ0) is 12.1. The van der Waals surface area contributed by atoms with E-state index < -0.39 is 0 Å². The summed E-state index contributed by atoms with van der Waals surface area (Å²) in [6.07, 6.45) is 0. The molecule has 0 aliphatic rings. The number of para-hydroxylation sites is 1. The van der Waals surface area contributed by atoms with Crippen LogP contribution in [0.2, 0.25) is 0 Å². The van der Waals surface area contributed by atoms with Crippen LogP contribution in [0.4, 0.5) is 0 Å². The van der Waals surface area contributed by atoms with E-state index >= 15 is 0 Å². The minimum absolute atomic E-state index is 0.183. The minimum atomic E-state index is -0.183. The Morgan fingerprint density at radius 1 is 1.06 bits per heavy atom. The van der Waals surface area contributed by atoms with E-state index in [1.807, 2.05) is 42.5 Å². The zero-order valence-electron chi connectivity index (χ0n) is 8.93. The molecule has 1 radical (unpaired) electrons. The summed E-state index contributed by atoms with van der Waals surface area (Å²) >= 11 is 5.63. The van der Waals surface area contributed by atoms with Gasteiger partial charge in [0.05, 0.1) is 0 Å². The molecule has 2 aromatic rings. The third kappa shape index (κ3) is 2.81. The van der Waals surface area contributed by atoms with Gasteiger partial charge in [-0.2, -0.15) is 0 Å². The first-order valence-electron chi connectivity index (χ1n) is 5.05. The van der Waals surface area contributed by atoms with Crippen LogP contribution in [0.3, 0.4) is 0 Å². The van der Waals surface area contributed by atoms with Crippen molar-refractivity contribution in [2.45, 2.75) is 0 Å². The SMILES string of the molecule is O[B]c1cccc(-c2ccccc2)c1OPCl. The van der Waals surface area contributed by atoms with Gasteiger partial charge in [-0.1, -0.05) is 59.8 Å². The Morgan fingerprint density at radius 3 is 2.47 bits per heavy atom. The van der Waals surface area contributed by atoms with Crippen molar-refractivity contribution >= 4 is 32.3 Å². The minimum Gasteiger partial charge on any atom is -0.461 e. The number of rotatable bonds is 4. The second kappa shape index (κ2) is 6.06. The highest BCUT2D eigenvalue weighted by Crippen LogP contribution is 2.32. The molecule has 0 amide bonds. The van der Waals surface area contributed by atoms with Gasteiger partial charge in [0.15, 0.2) is 8.16 Å². The predicted molar refractivity (Wildman–Crippen MR) is 74.3 cm³/mol. The molecule has 0 aliphatic carbocycles. The molecule has 2 aromatic carbocycles. The van der Waals surface area contributed by atoms with E-state index in [0.717, 1.165) is 18.6 Å². The van der Waals surface area contributed by atoms with Crippen LogP contribution in [-0.2, 0) is 0 Å². The summed E-state index contributed by atoms with van der Waals surface area (Å²) in [4.78, 5) is 0. The molecule has 0 saturated heterocycles. The summed E-state index contributed by atoms with van der Waals surface area (Å²) in [5.74, 6) is 0.606. The van der Waals surface area contributed by atoms with Crippen LogP contribution in [0.5, 0.6) is 5.75 Å². The van der Waals surface area contributed by atoms with Gasteiger partial charge in [-0.3, -0.25) is 0 Å². The molecule has 1 unspecified atom stereocenters. The highest BCUT2D eigenvalue weighted by Gasteiger charge is 2.11. The van der Waals surface area contributed by atoms with E-state index in [9.17, 15) is 5.02 Å². The Morgan fingerprint density at radius 2 is 1.82 bits per heavy atom. The average Bonchev–Trinajstić information content (AvgIpc) is 2.40. The molecule has 17 heavy (non-hydrogen) atoms. The monoisotopic (exact) mass is 263 g/mol. The van der Waals surface area contributed by atoms with Gasteiger partial charge in [0.25, 0.3) is 0 Å². The summed E-state index contributed by atoms with van der Waals surface area (Å²) in [7, 11) is 0.844. The lowest BCUT2D eigenvalue weighted by atomic mass is 9.85. The molecule has 2 nitrogen and oxygen atoms in total. The average molecular weight is 263 g/mol. The molecule has 0 aromatic heterocycles. The molecule has 2 rings (SSSR count). The van der Waals surface area contributed by atoms with Crippen molar-refractivity contribution in [1.29, 1.82) is 0 Å². The van der Waals surface area contributed by atoms with Crippen LogP contribution in [0, 0.1) is 0 Å². The van der Waals surface area contributed by atoms with E-state index in [0.29, 0.717) is 11.2 Å². The predicted octanol–water partition coefficient (Wildman–Crippen LogP) is 2.72. The fraction of sp³-hybridized carbons (Fsp3) is 0. The molecular weight excluding hydrogens is 253 g/mol. The van der Waals surface area contributed by atoms with Crippen molar-refractivity contribution < 1.29 is 9.55 Å². The first kappa shape index (κ1) is 12.4. The Labute approximate surface area is 108 Å². The topological polar surface area (TPSA) is 29.5 Å². The van der Waals surface area contributed by atoms with Crippen molar-refractivity contribution in [3.63, 3.8) is 0 Å². The molecule has 1 atom stereocenters. The lowest BCUT2D eigenvalue weighted by Crippen LogP contribution is -2.15. The number of hydrogen-bond acceptors (Lipinski definition) is 2. The maximum atomic E-state index is 9.17. The maximum absolute atomic E-state index is 9.17. The largest absolute Gasteiger partial charge is 0.461 e. The second-order valence-corrected chi connectivity index (χ2v) is 4.22. The molecule has 1 N–H and O–H groups in total. The number of halogens is 1. The Hall–Kier alpha value is -1.02. The first-order chi connectivity index (χ1) is 8.36. The number of benzene rings is 2. The molecule has 0 bridgehead atoms. The Balaban J connectivity index is 2.53. The van der Waals surface area contributed by atoms with Crippen molar-refractivity contribution in [1.82, 2.24) is 0 Å². The molecule has 5 heteroatoms. The quantitative estimate of drug-likeness (QED) is 0.679. The van der Waals surface area contributed by atoms with Crippen molar-refractivity contribution in [2.75, 3.05) is 0 Å². The van der Waals surface area contributed by atoms with E-state index in [4.69, 9.17) is 15.8 Å². The standard InChI is InChI=1S/C12H10BClO2P/c14-17-16-12-10(7-4-8-11(12)13-15)9-5-2-1-3-6-9/h1-8,15,17H. The Bertz CT molecular complexity index is 493. The van der Waals surface area contributed by atoms with Gasteiger partial charge in [-0.25, -0.2) is 0 Å². The normalized spacial score (nSPS) is 10.7. The highest BCUT2D eigenvalue weighted by molar-refractivity contribution is 7.64. The van der Waals surface area contributed by atoms with Gasteiger partial charge in [0.2, 0.25) is 0 Å². The third-order valence-electron chi connectivity index (χ3n) is 2.41. The van der Waals surface area contributed by atoms with Crippen molar-refractivity contribution in [2.24, 2.45) is 0 Å². The van der Waals surface area contributed by atoms with Gasteiger partial charge in [-0.15, -0.1) is 0 Å².